The van der Waals surface area contributed by atoms with Gasteiger partial charge in [0, 0.05) is 31.6 Å². The molecule has 1 aliphatic heterocycles. The third-order valence-corrected chi connectivity index (χ3v) is 3.35. The van der Waals surface area contributed by atoms with Gasteiger partial charge in [-0.2, -0.15) is 0 Å². The predicted octanol–water partition coefficient (Wildman–Crippen LogP) is 0.339. The fraction of sp³-hybridized carbons (Fsp3) is 0.917. The van der Waals surface area contributed by atoms with Gasteiger partial charge in [0.25, 0.3) is 0 Å². The zero-order chi connectivity index (χ0) is 11.4. The normalized spacial score (nSPS) is 26.7. The van der Waals surface area contributed by atoms with Gasteiger partial charge in [0.2, 0.25) is 5.91 Å². The summed E-state index contributed by atoms with van der Waals surface area (Å²) in [6.07, 6.45) is 5.52. The first-order valence-electron chi connectivity index (χ1n) is 6.45. The minimum absolute atomic E-state index is 0.202. The van der Waals surface area contributed by atoms with Crippen molar-refractivity contribution in [3.8, 4) is 0 Å². The Morgan fingerprint density at radius 2 is 2.12 bits per heavy atom. The van der Waals surface area contributed by atoms with E-state index in [1.807, 2.05) is 0 Å². The summed E-state index contributed by atoms with van der Waals surface area (Å²) in [6, 6.07) is 1.07. The SMILES string of the molecule is CN1CCCC(NC(=O)CCNC2CC2)C1. The van der Waals surface area contributed by atoms with Gasteiger partial charge in [-0.1, -0.05) is 0 Å². The van der Waals surface area contributed by atoms with Crippen molar-refractivity contribution < 1.29 is 4.79 Å². The van der Waals surface area contributed by atoms with Crippen LogP contribution in [-0.2, 0) is 4.79 Å². The van der Waals surface area contributed by atoms with E-state index in [0.717, 1.165) is 26.1 Å². The molecule has 16 heavy (non-hydrogen) atoms. The summed E-state index contributed by atoms with van der Waals surface area (Å²) < 4.78 is 0. The maximum Gasteiger partial charge on any atom is 0.221 e. The van der Waals surface area contributed by atoms with Gasteiger partial charge in [0.05, 0.1) is 0 Å². The molecule has 4 heteroatoms. The molecule has 0 bridgehead atoms. The quantitative estimate of drug-likeness (QED) is 0.709. The lowest BCUT2D eigenvalue weighted by Crippen LogP contribution is -2.46. The van der Waals surface area contributed by atoms with Crippen LogP contribution in [0.4, 0.5) is 0 Å². The van der Waals surface area contributed by atoms with E-state index in [2.05, 4.69) is 22.6 Å². The number of nitrogens with zero attached hydrogens (tertiary/aromatic N) is 1. The molecule has 0 radical (unpaired) electrons. The molecular formula is C12H23N3O. The Hall–Kier alpha value is -0.610. The summed E-state index contributed by atoms with van der Waals surface area (Å²) >= 11 is 0. The van der Waals surface area contributed by atoms with Gasteiger partial charge < -0.3 is 15.5 Å². The number of rotatable bonds is 5. The summed E-state index contributed by atoms with van der Waals surface area (Å²) in [7, 11) is 2.12. The average Bonchev–Trinajstić information content (AvgIpc) is 3.01. The fourth-order valence-corrected chi connectivity index (χ4v) is 2.26. The van der Waals surface area contributed by atoms with Gasteiger partial charge in [-0.3, -0.25) is 4.79 Å². The van der Waals surface area contributed by atoms with Crippen molar-refractivity contribution in [1.29, 1.82) is 0 Å². The van der Waals surface area contributed by atoms with Crippen molar-refractivity contribution in [2.45, 2.75) is 44.2 Å². The largest absolute Gasteiger partial charge is 0.352 e. The smallest absolute Gasteiger partial charge is 0.221 e. The highest BCUT2D eigenvalue weighted by molar-refractivity contribution is 5.76. The lowest BCUT2D eigenvalue weighted by atomic mass is 10.1. The Bertz CT molecular complexity index is 240. The van der Waals surface area contributed by atoms with E-state index in [1.165, 1.54) is 19.3 Å². The number of hydrogen-bond donors (Lipinski definition) is 2. The maximum absolute atomic E-state index is 11.7. The number of carbonyl (C=O) groups is 1. The number of likely N-dealkylation sites (tertiary alicyclic amines) is 1. The van der Waals surface area contributed by atoms with E-state index in [0.29, 0.717) is 18.5 Å². The topological polar surface area (TPSA) is 44.4 Å². The van der Waals surface area contributed by atoms with Crippen molar-refractivity contribution in [2.75, 3.05) is 26.7 Å². The summed E-state index contributed by atoms with van der Waals surface area (Å²) in [4.78, 5) is 13.9. The number of likely N-dealkylation sites (N-methyl/N-ethyl adjacent to an activating group) is 1. The molecule has 1 amide bonds. The monoisotopic (exact) mass is 225 g/mol. The standard InChI is InChI=1S/C12H23N3O/c1-15-8-2-3-11(9-15)14-12(16)6-7-13-10-4-5-10/h10-11,13H,2-9H2,1H3,(H,14,16). The van der Waals surface area contributed by atoms with Crippen LogP contribution in [0.1, 0.15) is 32.1 Å². The molecule has 0 spiro atoms. The minimum Gasteiger partial charge on any atom is -0.352 e. The first-order chi connectivity index (χ1) is 7.74. The van der Waals surface area contributed by atoms with E-state index < -0.39 is 0 Å². The van der Waals surface area contributed by atoms with E-state index in [4.69, 9.17) is 0 Å². The summed E-state index contributed by atoms with van der Waals surface area (Å²) in [6.45, 7) is 3.00. The second-order valence-corrected chi connectivity index (χ2v) is 5.15. The van der Waals surface area contributed by atoms with Crippen molar-refractivity contribution in [1.82, 2.24) is 15.5 Å². The summed E-state index contributed by atoms with van der Waals surface area (Å²) in [5, 5.41) is 6.49. The molecule has 2 fully saturated rings. The lowest BCUT2D eigenvalue weighted by Gasteiger charge is -2.30. The van der Waals surface area contributed by atoms with Gasteiger partial charge in [-0.05, 0) is 39.3 Å². The van der Waals surface area contributed by atoms with E-state index >= 15 is 0 Å². The predicted molar refractivity (Wildman–Crippen MR) is 64.3 cm³/mol. The molecule has 1 heterocycles. The Kier molecular flexibility index (Phi) is 4.18. The van der Waals surface area contributed by atoms with Crippen molar-refractivity contribution in [3.63, 3.8) is 0 Å². The van der Waals surface area contributed by atoms with Gasteiger partial charge in [-0.25, -0.2) is 0 Å². The highest BCUT2D eigenvalue weighted by atomic mass is 16.1. The van der Waals surface area contributed by atoms with Crippen LogP contribution in [0.5, 0.6) is 0 Å². The third-order valence-electron chi connectivity index (χ3n) is 3.35. The number of amides is 1. The van der Waals surface area contributed by atoms with E-state index in [9.17, 15) is 4.79 Å². The van der Waals surface area contributed by atoms with Crippen LogP contribution in [0.25, 0.3) is 0 Å². The van der Waals surface area contributed by atoms with E-state index in [1.54, 1.807) is 0 Å². The first kappa shape index (κ1) is 11.9. The molecule has 1 aliphatic carbocycles. The molecule has 1 atom stereocenters. The number of piperidine rings is 1. The number of carbonyl (C=O) groups excluding carboxylic acids is 1. The molecule has 1 saturated heterocycles. The molecule has 4 nitrogen and oxygen atoms in total. The van der Waals surface area contributed by atoms with Gasteiger partial charge in [0.15, 0.2) is 0 Å². The molecule has 0 aromatic carbocycles. The van der Waals surface area contributed by atoms with Crippen LogP contribution >= 0.6 is 0 Å². The summed E-state index contributed by atoms with van der Waals surface area (Å²) in [5.74, 6) is 0.202. The number of hydrogen-bond acceptors (Lipinski definition) is 3. The van der Waals surface area contributed by atoms with Crippen LogP contribution in [0.3, 0.4) is 0 Å². The Labute approximate surface area is 97.8 Å². The molecule has 2 aliphatic rings. The van der Waals surface area contributed by atoms with Crippen LogP contribution in [0.15, 0.2) is 0 Å². The summed E-state index contributed by atoms with van der Waals surface area (Å²) in [5.41, 5.74) is 0. The van der Waals surface area contributed by atoms with Gasteiger partial charge in [0.1, 0.15) is 0 Å². The second kappa shape index (κ2) is 5.64. The Morgan fingerprint density at radius 1 is 1.31 bits per heavy atom. The van der Waals surface area contributed by atoms with Gasteiger partial charge in [-0.15, -0.1) is 0 Å². The number of nitrogens with one attached hydrogen (secondary N) is 2. The molecule has 0 aromatic heterocycles. The van der Waals surface area contributed by atoms with Crippen molar-refractivity contribution >= 4 is 5.91 Å². The van der Waals surface area contributed by atoms with Crippen molar-refractivity contribution in [2.24, 2.45) is 0 Å². The lowest BCUT2D eigenvalue weighted by molar-refractivity contribution is -0.122. The molecule has 1 unspecified atom stereocenters. The molecular weight excluding hydrogens is 202 g/mol. The molecule has 1 saturated carbocycles. The van der Waals surface area contributed by atoms with Crippen LogP contribution in [-0.4, -0.2) is 49.6 Å². The molecule has 92 valence electrons. The Balaban J connectivity index is 1.57. The highest BCUT2D eigenvalue weighted by Gasteiger charge is 2.21. The zero-order valence-electron chi connectivity index (χ0n) is 10.2. The fourth-order valence-electron chi connectivity index (χ4n) is 2.26. The second-order valence-electron chi connectivity index (χ2n) is 5.15. The van der Waals surface area contributed by atoms with Gasteiger partial charge >= 0.3 is 0 Å². The average molecular weight is 225 g/mol. The maximum atomic E-state index is 11.7. The zero-order valence-corrected chi connectivity index (χ0v) is 10.2. The Morgan fingerprint density at radius 3 is 2.81 bits per heavy atom. The van der Waals surface area contributed by atoms with Crippen LogP contribution in [0.2, 0.25) is 0 Å². The van der Waals surface area contributed by atoms with E-state index in [-0.39, 0.29) is 5.91 Å². The third kappa shape index (κ3) is 4.10. The molecule has 2 rings (SSSR count). The molecule has 2 N–H and O–H groups in total. The van der Waals surface area contributed by atoms with Crippen molar-refractivity contribution in [3.05, 3.63) is 0 Å². The minimum atomic E-state index is 0.202. The van der Waals surface area contributed by atoms with Crippen LogP contribution < -0.4 is 10.6 Å². The first-order valence-corrected chi connectivity index (χ1v) is 6.45. The highest BCUT2D eigenvalue weighted by Crippen LogP contribution is 2.18. The van der Waals surface area contributed by atoms with Crippen LogP contribution in [0, 0.1) is 0 Å². The molecule has 0 aromatic rings.